The maximum atomic E-state index is 11.3. The average Bonchev–Trinajstić information content (AvgIpc) is 2.17. The van der Waals surface area contributed by atoms with Gasteiger partial charge in [0.05, 0.1) is 5.33 Å². The highest BCUT2D eigenvalue weighted by atomic mass is 79.9. The Morgan fingerprint density at radius 1 is 1.62 bits per heavy atom. The molecule has 70 valence electrons. The highest BCUT2D eigenvalue weighted by Gasteiger charge is 2.07. The Labute approximate surface area is 86.5 Å². The SMILES string of the molecule is CC(C)c1ccnc(C(=O)CBr)c1. The van der Waals surface area contributed by atoms with E-state index < -0.39 is 0 Å². The van der Waals surface area contributed by atoms with Crippen molar-refractivity contribution < 1.29 is 4.79 Å². The minimum atomic E-state index is 0.0301. The van der Waals surface area contributed by atoms with E-state index in [0.717, 1.165) is 5.56 Å². The first kappa shape index (κ1) is 10.4. The van der Waals surface area contributed by atoms with Gasteiger partial charge in [-0.2, -0.15) is 0 Å². The van der Waals surface area contributed by atoms with Crippen LogP contribution >= 0.6 is 15.9 Å². The fourth-order valence-electron chi connectivity index (χ4n) is 1.03. The molecule has 0 fully saturated rings. The first-order valence-corrected chi connectivity index (χ1v) is 5.32. The van der Waals surface area contributed by atoms with E-state index in [2.05, 4.69) is 34.8 Å². The number of pyridine rings is 1. The zero-order chi connectivity index (χ0) is 9.84. The van der Waals surface area contributed by atoms with Crippen LogP contribution in [0.5, 0.6) is 0 Å². The Kier molecular flexibility index (Phi) is 3.60. The molecule has 0 amide bonds. The van der Waals surface area contributed by atoms with Gasteiger partial charge in [-0.25, -0.2) is 0 Å². The average molecular weight is 242 g/mol. The standard InChI is InChI=1S/C10H12BrNO/c1-7(2)8-3-4-12-9(5-8)10(13)6-11/h3-5,7H,6H2,1-2H3. The van der Waals surface area contributed by atoms with Gasteiger partial charge in [-0.05, 0) is 23.6 Å². The number of aromatic nitrogens is 1. The quantitative estimate of drug-likeness (QED) is 0.602. The molecule has 0 radical (unpaired) electrons. The van der Waals surface area contributed by atoms with E-state index in [1.54, 1.807) is 6.20 Å². The van der Waals surface area contributed by atoms with Crippen LogP contribution in [0.1, 0.15) is 35.8 Å². The zero-order valence-electron chi connectivity index (χ0n) is 7.75. The van der Waals surface area contributed by atoms with Crippen LogP contribution in [0.25, 0.3) is 0 Å². The van der Waals surface area contributed by atoms with Gasteiger partial charge in [0.15, 0.2) is 5.78 Å². The molecule has 0 N–H and O–H groups in total. The molecular weight excluding hydrogens is 230 g/mol. The Morgan fingerprint density at radius 3 is 2.85 bits per heavy atom. The van der Waals surface area contributed by atoms with Gasteiger partial charge in [-0.3, -0.25) is 9.78 Å². The molecule has 0 saturated heterocycles. The summed E-state index contributed by atoms with van der Waals surface area (Å²) in [6.45, 7) is 4.19. The van der Waals surface area contributed by atoms with Crippen molar-refractivity contribution in [3.63, 3.8) is 0 Å². The molecule has 2 nitrogen and oxygen atoms in total. The normalized spacial score (nSPS) is 10.5. The van der Waals surface area contributed by atoms with Crippen LogP contribution in [0, 0.1) is 0 Å². The number of alkyl halides is 1. The number of halogens is 1. The predicted molar refractivity (Wildman–Crippen MR) is 56.5 cm³/mol. The topological polar surface area (TPSA) is 30.0 Å². The molecule has 0 atom stereocenters. The molecule has 1 aromatic heterocycles. The van der Waals surface area contributed by atoms with Gasteiger partial charge in [0, 0.05) is 6.20 Å². The van der Waals surface area contributed by atoms with E-state index in [0.29, 0.717) is 16.9 Å². The molecule has 1 rings (SSSR count). The summed E-state index contributed by atoms with van der Waals surface area (Å²) >= 11 is 3.12. The Bertz CT molecular complexity index is 310. The number of carbonyl (C=O) groups is 1. The first-order chi connectivity index (χ1) is 6.15. The molecule has 13 heavy (non-hydrogen) atoms. The van der Waals surface area contributed by atoms with Crippen molar-refractivity contribution in [3.8, 4) is 0 Å². The van der Waals surface area contributed by atoms with Crippen LogP contribution in [0.2, 0.25) is 0 Å². The van der Waals surface area contributed by atoms with Crippen LogP contribution in [-0.4, -0.2) is 16.1 Å². The van der Waals surface area contributed by atoms with Gasteiger partial charge in [0.1, 0.15) is 5.69 Å². The number of hydrogen-bond acceptors (Lipinski definition) is 2. The smallest absolute Gasteiger partial charge is 0.191 e. The van der Waals surface area contributed by atoms with Gasteiger partial charge in [0.2, 0.25) is 0 Å². The third kappa shape index (κ3) is 2.62. The van der Waals surface area contributed by atoms with Crippen molar-refractivity contribution in [1.29, 1.82) is 0 Å². The molecule has 3 heteroatoms. The van der Waals surface area contributed by atoms with E-state index in [-0.39, 0.29) is 5.78 Å². The third-order valence-corrected chi connectivity index (χ3v) is 2.37. The van der Waals surface area contributed by atoms with E-state index in [9.17, 15) is 4.79 Å². The molecule has 0 aliphatic rings. The summed E-state index contributed by atoms with van der Waals surface area (Å²) in [5.74, 6) is 0.465. The fraction of sp³-hybridized carbons (Fsp3) is 0.400. The molecule has 1 heterocycles. The fourth-order valence-corrected chi connectivity index (χ4v) is 1.31. The lowest BCUT2D eigenvalue weighted by molar-refractivity contribution is 0.101. The lowest BCUT2D eigenvalue weighted by Gasteiger charge is -2.05. The monoisotopic (exact) mass is 241 g/mol. The van der Waals surface area contributed by atoms with Crippen LogP contribution in [-0.2, 0) is 0 Å². The molecular formula is C10H12BrNO. The van der Waals surface area contributed by atoms with Crippen LogP contribution < -0.4 is 0 Å². The minimum absolute atomic E-state index is 0.0301. The van der Waals surface area contributed by atoms with Crippen molar-refractivity contribution >= 4 is 21.7 Å². The van der Waals surface area contributed by atoms with E-state index in [4.69, 9.17) is 0 Å². The summed E-state index contributed by atoms with van der Waals surface area (Å²) in [5.41, 5.74) is 1.70. The molecule has 0 aliphatic carbocycles. The predicted octanol–water partition coefficient (Wildman–Crippen LogP) is 2.78. The van der Waals surface area contributed by atoms with Crippen molar-refractivity contribution in [1.82, 2.24) is 4.98 Å². The molecule has 1 aromatic rings. The van der Waals surface area contributed by atoms with Gasteiger partial charge < -0.3 is 0 Å². The second-order valence-corrected chi connectivity index (χ2v) is 3.75. The Balaban J connectivity index is 2.98. The third-order valence-electron chi connectivity index (χ3n) is 1.86. The van der Waals surface area contributed by atoms with Gasteiger partial charge in [0.25, 0.3) is 0 Å². The number of rotatable bonds is 3. The van der Waals surface area contributed by atoms with Gasteiger partial charge >= 0.3 is 0 Å². The summed E-state index contributed by atoms with van der Waals surface area (Å²) in [5, 5.41) is 0.335. The molecule has 0 aromatic carbocycles. The number of Topliss-reactive ketones (excluding diaryl/α,β-unsaturated/α-hetero) is 1. The Morgan fingerprint density at radius 2 is 2.31 bits per heavy atom. The molecule has 0 unspecified atom stereocenters. The van der Waals surface area contributed by atoms with E-state index in [1.165, 1.54) is 0 Å². The first-order valence-electron chi connectivity index (χ1n) is 4.20. The molecule has 0 bridgehead atoms. The number of nitrogens with zero attached hydrogens (tertiary/aromatic N) is 1. The number of ketones is 1. The maximum absolute atomic E-state index is 11.3. The molecule has 0 aliphatic heterocycles. The zero-order valence-corrected chi connectivity index (χ0v) is 9.34. The van der Waals surface area contributed by atoms with Crippen molar-refractivity contribution in [3.05, 3.63) is 29.6 Å². The number of hydrogen-bond donors (Lipinski definition) is 0. The Hall–Kier alpha value is -0.700. The highest BCUT2D eigenvalue weighted by Crippen LogP contribution is 2.14. The lowest BCUT2D eigenvalue weighted by atomic mass is 10.0. The summed E-state index contributed by atoms with van der Waals surface area (Å²) in [7, 11) is 0. The molecule has 0 spiro atoms. The highest BCUT2D eigenvalue weighted by molar-refractivity contribution is 9.09. The van der Waals surface area contributed by atoms with Crippen LogP contribution in [0.3, 0.4) is 0 Å². The summed E-state index contributed by atoms with van der Waals surface area (Å²) in [6.07, 6.45) is 1.69. The van der Waals surface area contributed by atoms with Crippen molar-refractivity contribution in [2.45, 2.75) is 19.8 Å². The lowest BCUT2D eigenvalue weighted by Crippen LogP contribution is -2.04. The van der Waals surface area contributed by atoms with E-state index >= 15 is 0 Å². The van der Waals surface area contributed by atoms with Crippen molar-refractivity contribution in [2.75, 3.05) is 5.33 Å². The summed E-state index contributed by atoms with van der Waals surface area (Å²) < 4.78 is 0. The van der Waals surface area contributed by atoms with Gasteiger partial charge in [-0.15, -0.1) is 0 Å². The summed E-state index contributed by atoms with van der Waals surface area (Å²) in [4.78, 5) is 15.3. The van der Waals surface area contributed by atoms with Gasteiger partial charge in [-0.1, -0.05) is 29.8 Å². The van der Waals surface area contributed by atoms with Crippen LogP contribution in [0.4, 0.5) is 0 Å². The second-order valence-electron chi connectivity index (χ2n) is 3.19. The number of carbonyl (C=O) groups excluding carboxylic acids is 1. The largest absolute Gasteiger partial charge is 0.291 e. The maximum Gasteiger partial charge on any atom is 0.191 e. The van der Waals surface area contributed by atoms with Crippen LogP contribution in [0.15, 0.2) is 18.3 Å². The summed E-state index contributed by atoms with van der Waals surface area (Å²) in [6, 6.07) is 3.80. The minimum Gasteiger partial charge on any atom is -0.291 e. The van der Waals surface area contributed by atoms with E-state index in [1.807, 2.05) is 12.1 Å². The second kappa shape index (κ2) is 4.51. The van der Waals surface area contributed by atoms with Crippen molar-refractivity contribution in [2.24, 2.45) is 0 Å². The molecule has 0 saturated carbocycles.